The summed E-state index contributed by atoms with van der Waals surface area (Å²) in [7, 11) is 0. The number of nitrogens with one attached hydrogen (secondary N) is 1. The highest BCUT2D eigenvalue weighted by Gasteiger charge is 2.04. The van der Waals surface area contributed by atoms with Crippen molar-refractivity contribution in [3.63, 3.8) is 0 Å². The lowest BCUT2D eigenvalue weighted by molar-refractivity contribution is -0.123. The number of hydrazone groups is 1. The summed E-state index contributed by atoms with van der Waals surface area (Å²) >= 11 is 0. The van der Waals surface area contributed by atoms with E-state index in [2.05, 4.69) is 36.5 Å². The Kier molecular flexibility index (Phi) is 6.13. The van der Waals surface area contributed by atoms with Crippen LogP contribution in [0.25, 0.3) is 0 Å². The van der Waals surface area contributed by atoms with E-state index in [1.807, 2.05) is 44.2 Å². The van der Waals surface area contributed by atoms with E-state index in [4.69, 9.17) is 4.74 Å². The van der Waals surface area contributed by atoms with Gasteiger partial charge < -0.3 is 4.74 Å². The van der Waals surface area contributed by atoms with E-state index in [0.717, 1.165) is 22.4 Å². The molecule has 0 heterocycles. The summed E-state index contributed by atoms with van der Waals surface area (Å²) in [6.07, 6.45) is 1.62. The Balaban J connectivity index is 1.83. The summed E-state index contributed by atoms with van der Waals surface area (Å²) in [5.41, 5.74) is 6.79. The predicted octanol–water partition coefficient (Wildman–Crippen LogP) is 3.96. The molecule has 126 valence electrons. The van der Waals surface area contributed by atoms with Crippen molar-refractivity contribution in [1.29, 1.82) is 0 Å². The number of nitrogens with zero attached hydrogens (tertiary/aromatic N) is 1. The molecule has 24 heavy (non-hydrogen) atoms. The Morgan fingerprint density at radius 2 is 1.88 bits per heavy atom. The first-order chi connectivity index (χ1) is 11.5. The number of benzene rings is 2. The molecule has 0 unspecified atom stereocenters. The fourth-order valence-corrected chi connectivity index (χ4v) is 2.18. The van der Waals surface area contributed by atoms with Crippen molar-refractivity contribution in [3.8, 4) is 5.75 Å². The van der Waals surface area contributed by atoms with Gasteiger partial charge in [-0.25, -0.2) is 5.43 Å². The molecule has 4 heteroatoms. The minimum atomic E-state index is -0.286. The van der Waals surface area contributed by atoms with Gasteiger partial charge in [-0.3, -0.25) is 4.79 Å². The molecule has 0 atom stereocenters. The van der Waals surface area contributed by atoms with Crippen LogP contribution in [0.3, 0.4) is 0 Å². The van der Waals surface area contributed by atoms with Gasteiger partial charge in [0.2, 0.25) is 0 Å². The van der Waals surface area contributed by atoms with Crippen molar-refractivity contribution in [2.45, 2.75) is 33.6 Å². The number of hydrogen-bond acceptors (Lipinski definition) is 3. The van der Waals surface area contributed by atoms with Gasteiger partial charge in [0, 0.05) is 0 Å². The highest BCUT2D eigenvalue weighted by molar-refractivity contribution is 5.82. The Morgan fingerprint density at radius 1 is 1.17 bits per heavy atom. The van der Waals surface area contributed by atoms with Crippen molar-refractivity contribution in [1.82, 2.24) is 5.43 Å². The van der Waals surface area contributed by atoms with Crippen LogP contribution < -0.4 is 10.2 Å². The predicted molar refractivity (Wildman–Crippen MR) is 97.7 cm³/mol. The van der Waals surface area contributed by atoms with Gasteiger partial charge in [-0.1, -0.05) is 50.2 Å². The standard InChI is InChI=1S/C20H24N2O2/c1-14(2)18-9-7-17(8-10-18)12-21-22-20(23)13-24-19-11-15(3)5-6-16(19)4/h5-12,14H,13H2,1-4H3,(H,22,23). The first-order valence-electron chi connectivity index (χ1n) is 8.07. The molecule has 0 saturated heterocycles. The minimum absolute atomic E-state index is 0.0616. The largest absolute Gasteiger partial charge is 0.483 e. The SMILES string of the molecule is Cc1ccc(C)c(OCC(=O)NN=Cc2ccc(C(C)C)cc2)c1. The molecule has 0 aliphatic heterocycles. The third-order valence-electron chi connectivity index (χ3n) is 3.71. The zero-order chi connectivity index (χ0) is 17.5. The Labute approximate surface area is 143 Å². The summed E-state index contributed by atoms with van der Waals surface area (Å²) in [6.45, 7) is 8.18. The maximum Gasteiger partial charge on any atom is 0.277 e. The summed E-state index contributed by atoms with van der Waals surface area (Å²) in [4.78, 5) is 11.8. The summed E-state index contributed by atoms with van der Waals surface area (Å²) in [5.74, 6) is 0.933. The van der Waals surface area contributed by atoms with Crippen molar-refractivity contribution in [2.75, 3.05) is 6.61 Å². The Morgan fingerprint density at radius 3 is 2.54 bits per heavy atom. The smallest absolute Gasteiger partial charge is 0.277 e. The molecule has 2 aromatic rings. The van der Waals surface area contributed by atoms with Crippen LogP contribution in [0.15, 0.2) is 47.6 Å². The molecule has 0 radical (unpaired) electrons. The number of aryl methyl sites for hydroxylation is 2. The van der Waals surface area contributed by atoms with Gasteiger partial charge in [-0.15, -0.1) is 0 Å². The lowest BCUT2D eigenvalue weighted by Gasteiger charge is -2.08. The van der Waals surface area contributed by atoms with E-state index >= 15 is 0 Å². The van der Waals surface area contributed by atoms with Crippen molar-refractivity contribution in [2.24, 2.45) is 5.10 Å². The summed E-state index contributed by atoms with van der Waals surface area (Å²) in [6, 6.07) is 14.0. The Hall–Kier alpha value is -2.62. The van der Waals surface area contributed by atoms with Crippen LogP contribution in [0.1, 0.15) is 42.0 Å². The highest BCUT2D eigenvalue weighted by Crippen LogP contribution is 2.18. The molecule has 1 amide bonds. The molecule has 0 fully saturated rings. The maximum absolute atomic E-state index is 11.8. The van der Waals surface area contributed by atoms with Crippen LogP contribution in [0.2, 0.25) is 0 Å². The minimum Gasteiger partial charge on any atom is -0.483 e. The molecule has 1 N–H and O–H groups in total. The summed E-state index contributed by atoms with van der Waals surface area (Å²) in [5, 5.41) is 3.96. The first-order valence-corrected chi connectivity index (χ1v) is 8.07. The molecule has 2 aromatic carbocycles. The lowest BCUT2D eigenvalue weighted by Crippen LogP contribution is -2.24. The molecule has 2 rings (SSSR count). The van der Waals surface area contributed by atoms with E-state index in [9.17, 15) is 4.79 Å². The molecule has 0 aromatic heterocycles. The van der Waals surface area contributed by atoms with Crippen molar-refractivity contribution < 1.29 is 9.53 Å². The molecular weight excluding hydrogens is 300 g/mol. The van der Waals surface area contributed by atoms with E-state index in [1.54, 1.807) is 6.21 Å². The fraction of sp³-hybridized carbons (Fsp3) is 0.300. The fourth-order valence-electron chi connectivity index (χ4n) is 2.18. The highest BCUT2D eigenvalue weighted by atomic mass is 16.5. The van der Waals surface area contributed by atoms with Crippen LogP contribution in [0.5, 0.6) is 5.75 Å². The lowest BCUT2D eigenvalue weighted by atomic mass is 10.0. The molecule has 0 saturated carbocycles. The molecule has 0 aliphatic carbocycles. The van der Waals surface area contributed by atoms with Gasteiger partial charge >= 0.3 is 0 Å². The van der Waals surface area contributed by atoms with Gasteiger partial charge in [0.15, 0.2) is 6.61 Å². The third kappa shape index (κ3) is 5.23. The topological polar surface area (TPSA) is 50.7 Å². The number of carbonyl (C=O) groups excluding carboxylic acids is 1. The van der Waals surface area contributed by atoms with Gasteiger partial charge in [-0.05, 0) is 48.1 Å². The average Bonchev–Trinajstić information content (AvgIpc) is 2.56. The molecule has 0 aliphatic rings. The van der Waals surface area contributed by atoms with E-state index < -0.39 is 0 Å². The van der Waals surface area contributed by atoms with Crippen LogP contribution in [0.4, 0.5) is 0 Å². The van der Waals surface area contributed by atoms with E-state index in [1.165, 1.54) is 5.56 Å². The average molecular weight is 324 g/mol. The quantitative estimate of drug-likeness (QED) is 0.646. The van der Waals surface area contributed by atoms with E-state index in [-0.39, 0.29) is 12.5 Å². The van der Waals surface area contributed by atoms with Gasteiger partial charge in [0.05, 0.1) is 6.21 Å². The number of amides is 1. The van der Waals surface area contributed by atoms with Crippen LogP contribution in [-0.2, 0) is 4.79 Å². The van der Waals surface area contributed by atoms with Gasteiger partial charge in [0.25, 0.3) is 5.91 Å². The Bertz CT molecular complexity index is 719. The second-order valence-corrected chi connectivity index (χ2v) is 6.17. The van der Waals surface area contributed by atoms with Crippen LogP contribution >= 0.6 is 0 Å². The van der Waals surface area contributed by atoms with Crippen molar-refractivity contribution in [3.05, 3.63) is 64.7 Å². The monoisotopic (exact) mass is 324 g/mol. The second-order valence-electron chi connectivity index (χ2n) is 6.17. The zero-order valence-electron chi connectivity index (χ0n) is 14.7. The number of hydrogen-bond donors (Lipinski definition) is 1. The third-order valence-corrected chi connectivity index (χ3v) is 3.71. The number of carbonyl (C=O) groups is 1. The summed E-state index contributed by atoms with van der Waals surface area (Å²) < 4.78 is 5.54. The first kappa shape index (κ1) is 17.7. The second kappa shape index (κ2) is 8.29. The zero-order valence-corrected chi connectivity index (χ0v) is 14.7. The molecule has 4 nitrogen and oxygen atoms in total. The number of rotatable bonds is 6. The van der Waals surface area contributed by atoms with E-state index in [0.29, 0.717) is 5.92 Å². The number of ether oxygens (including phenoxy) is 1. The molecule has 0 spiro atoms. The van der Waals surface area contributed by atoms with Crippen LogP contribution in [0, 0.1) is 13.8 Å². The van der Waals surface area contributed by atoms with Gasteiger partial charge in [-0.2, -0.15) is 5.10 Å². The van der Waals surface area contributed by atoms with Crippen LogP contribution in [-0.4, -0.2) is 18.7 Å². The van der Waals surface area contributed by atoms with Crippen molar-refractivity contribution >= 4 is 12.1 Å². The molecule has 0 bridgehead atoms. The van der Waals surface area contributed by atoms with Gasteiger partial charge in [0.1, 0.15) is 5.75 Å². The normalized spacial score (nSPS) is 11.0. The maximum atomic E-state index is 11.8. The molecular formula is C20H24N2O2.